The second-order valence-electron chi connectivity index (χ2n) is 4.95. The molecule has 0 spiro atoms. The molecule has 1 aliphatic heterocycles. The van der Waals surface area contributed by atoms with Crippen molar-refractivity contribution >= 4 is 5.91 Å². The average molecular weight is 230 g/mol. The number of carbonyl (C=O) groups is 1. The van der Waals surface area contributed by atoms with Crippen molar-refractivity contribution in [2.45, 2.75) is 38.3 Å². The van der Waals surface area contributed by atoms with E-state index in [1.807, 2.05) is 13.8 Å². The van der Waals surface area contributed by atoms with Crippen LogP contribution in [-0.4, -0.2) is 42.4 Å². The fourth-order valence-electron chi connectivity index (χ4n) is 1.77. The molecule has 0 aliphatic carbocycles. The third-order valence-electron chi connectivity index (χ3n) is 2.75. The summed E-state index contributed by atoms with van der Waals surface area (Å²) >= 11 is 0. The molecule has 5 heteroatoms. The van der Waals surface area contributed by atoms with E-state index in [1.54, 1.807) is 0 Å². The molecule has 1 heterocycles. The molecule has 1 aliphatic rings. The smallest absolute Gasteiger partial charge is 0.242 e. The van der Waals surface area contributed by atoms with Crippen LogP contribution in [0.5, 0.6) is 0 Å². The zero-order chi connectivity index (χ0) is 12.2. The van der Waals surface area contributed by atoms with Crippen LogP contribution in [0, 0.1) is 5.92 Å². The van der Waals surface area contributed by atoms with Crippen LogP contribution < -0.4 is 11.1 Å². The number of hydrogen-bond acceptors (Lipinski definition) is 4. The molecule has 0 aromatic rings. The Labute approximate surface area is 96.3 Å². The molecular formula is C11H22N2O3. The van der Waals surface area contributed by atoms with Gasteiger partial charge in [-0.15, -0.1) is 0 Å². The standard InChI is InChI=1S/C11H22N2O3/c1-8(2)5-9(14)6-13-10(15)11(12)3-4-16-7-11/h8-9,14H,3-7,12H2,1-2H3,(H,13,15). The zero-order valence-electron chi connectivity index (χ0n) is 10.0. The van der Waals surface area contributed by atoms with E-state index in [2.05, 4.69) is 5.32 Å². The number of aliphatic hydroxyl groups excluding tert-OH is 1. The van der Waals surface area contributed by atoms with E-state index in [1.165, 1.54) is 0 Å². The Morgan fingerprint density at radius 3 is 2.81 bits per heavy atom. The summed E-state index contributed by atoms with van der Waals surface area (Å²) in [6.07, 6.45) is 0.711. The number of ether oxygens (including phenoxy) is 1. The van der Waals surface area contributed by atoms with Crippen LogP contribution >= 0.6 is 0 Å². The number of rotatable bonds is 5. The van der Waals surface area contributed by atoms with E-state index in [0.717, 1.165) is 0 Å². The zero-order valence-corrected chi connectivity index (χ0v) is 10.0. The van der Waals surface area contributed by atoms with Gasteiger partial charge in [0.05, 0.1) is 12.7 Å². The molecule has 1 fully saturated rings. The highest BCUT2D eigenvalue weighted by molar-refractivity contribution is 5.86. The minimum Gasteiger partial charge on any atom is -0.391 e. The molecule has 0 bridgehead atoms. The topological polar surface area (TPSA) is 84.6 Å². The van der Waals surface area contributed by atoms with Crippen molar-refractivity contribution in [3.05, 3.63) is 0 Å². The van der Waals surface area contributed by atoms with Gasteiger partial charge in [-0.25, -0.2) is 0 Å². The number of carbonyl (C=O) groups excluding carboxylic acids is 1. The van der Waals surface area contributed by atoms with Gasteiger partial charge in [0.2, 0.25) is 5.91 Å². The van der Waals surface area contributed by atoms with Crippen LogP contribution in [0.15, 0.2) is 0 Å². The number of aliphatic hydroxyl groups is 1. The molecule has 16 heavy (non-hydrogen) atoms. The predicted octanol–water partition coefficient (Wildman–Crippen LogP) is -0.373. The summed E-state index contributed by atoms with van der Waals surface area (Å²) in [6.45, 7) is 5.11. The predicted molar refractivity (Wildman–Crippen MR) is 60.8 cm³/mol. The van der Waals surface area contributed by atoms with Gasteiger partial charge in [-0.2, -0.15) is 0 Å². The Kier molecular flexibility index (Phi) is 4.70. The molecule has 0 aromatic heterocycles. The van der Waals surface area contributed by atoms with Crippen molar-refractivity contribution < 1.29 is 14.6 Å². The summed E-state index contributed by atoms with van der Waals surface area (Å²) < 4.78 is 5.10. The first kappa shape index (κ1) is 13.4. The fourth-order valence-corrected chi connectivity index (χ4v) is 1.77. The number of nitrogens with one attached hydrogen (secondary N) is 1. The van der Waals surface area contributed by atoms with Crippen LogP contribution in [0.3, 0.4) is 0 Å². The van der Waals surface area contributed by atoms with Gasteiger partial charge in [0.25, 0.3) is 0 Å². The first-order chi connectivity index (χ1) is 7.44. The van der Waals surface area contributed by atoms with E-state index in [9.17, 15) is 9.90 Å². The minimum absolute atomic E-state index is 0.229. The Bertz CT molecular complexity index is 237. The highest BCUT2D eigenvalue weighted by Gasteiger charge is 2.38. The lowest BCUT2D eigenvalue weighted by Crippen LogP contribution is -2.55. The van der Waals surface area contributed by atoms with Crippen LogP contribution in [0.4, 0.5) is 0 Å². The second-order valence-corrected chi connectivity index (χ2v) is 4.95. The fraction of sp³-hybridized carbons (Fsp3) is 0.909. The maximum atomic E-state index is 11.7. The third-order valence-corrected chi connectivity index (χ3v) is 2.75. The summed E-state index contributed by atoms with van der Waals surface area (Å²) in [6, 6.07) is 0. The SMILES string of the molecule is CC(C)CC(O)CNC(=O)C1(N)CCOC1. The van der Waals surface area contributed by atoms with Gasteiger partial charge in [-0.3, -0.25) is 4.79 Å². The third kappa shape index (κ3) is 3.73. The van der Waals surface area contributed by atoms with Gasteiger partial charge < -0.3 is 20.9 Å². The lowest BCUT2D eigenvalue weighted by molar-refractivity contribution is -0.126. The quantitative estimate of drug-likeness (QED) is 0.601. The van der Waals surface area contributed by atoms with E-state index in [-0.39, 0.29) is 19.1 Å². The van der Waals surface area contributed by atoms with Crippen molar-refractivity contribution in [1.29, 1.82) is 0 Å². The number of hydrogen-bond donors (Lipinski definition) is 3. The van der Waals surface area contributed by atoms with Crippen molar-refractivity contribution in [1.82, 2.24) is 5.32 Å². The van der Waals surface area contributed by atoms with E-state index < -0.39 is 11.6 Å². The largest absolute Gasteiger partial charge is 0.391 e. The molecule has 0 saturated carbocycles. The normalized spacial score (nSPS) is 27.1. The molecule has 0 radical (unpaired) electrons. The van der Waals surface area contributed by atoms with Gasteiger partial charge in [0, 0.05) is 13.2 Å². The van der Waals surface area contributed by atoms with E-state index >= 15 is 0 Å². The van der Waals surface area contributed by atoms with Crippen LogP contribution in [-0.2, 0) is 9.53 Å². The Balaban J connectivity index is 2.29. The molecule has 1 rings (SSSR count). The summed E-state index contributed by atoms with van der Waals surface area (Å²) in [5.41, 5.74) is 4.97. The van der Waals surface area contributed by atoms with Gasteiger partial charge in [0.1, 0.15) is 5.54 Å². The Morgan fingerprint density at radius 1 is 1.62 bits per heavy atom. The van der Waals surface area contributed by atoms with Gasteiger partial charge in [0.15, 0.2) is 0 Å². The summed E-state index contributed by atoms with van der Waals surface area (Å²) in [4.78, 5) is 11.7. The molecule has 2 atom stereocenters. The van der Waals surface area contributed by atoms with E-state index in [4.69, 9.17) is 10.5 Å². The van der Waals surface area contributed by atoms with Crippen molar-refractivity contribution in [2.24, 2.45) is 11.7 Å². The molecular weight excluding hydrogens is 208 g/mol. The number of nitrogens with two attached hydrogens (primary N) is 1. The summed E-state index contributed by atoms with van der Waals surface area (Å²) in [5.74, 6) is 0.182. The van der Waals surface area contributed by atoms with Gasteiger partial charge in [-0.1, -0.05) is 13.8 Å². The average Bonchev–Trinajstić information content (AvgIpc) is 2.62. The maximum absolute atomic E-state index is 11.7. The molecule has 1 saturated heterocycles. The highest BCUT2D eigenvalue weighted by atomic mass is 16.5. The lowest BCUT2D eigenvalue weighted by Gasteiger charge is -2.22. The van der Waals surface area contributed by atoms with Crippen molar-refractivity contribution in [3.8, 4) is 0 Å². The number of amides is 1. The molecule has 94 valence electrons. The Morgan fingerprint density at radius 2 is 2.31 bits per heavy atom. The molecule has 0 aromatic carbocycles. The summed E-state index contributed by atoms with van der Waals surface area (Å²) in [7, 11) is 0. The van der Waals surface area contributed by atoms with Crippen molar-refractivity contribution in [3.63, 3.8) is 0 Å². The minimum atomic E-state index is -0.905. The van der Waals surface area contributed by atoms with Gasteiger partial charge >= 0.3 is 0 Å². The van der Waals surface area contributed by atoms with Crippen molar-refractivity contribution in [2.75, 3.05) is 19.8 Å². The lowest BCUT2D eigenvalue weighted by atomic mass is 9.99. The van der Waals surface area contributed by atoms with Crippen LogP contribution in [0.1, 0.15) is 26.7 Å². The van der Waals surface area contributed by atoms with E-state index in [0.29, 0.717) is 25.4 Å². The molecule has 1 amide bonds. The first-order valence-corrected chi connectivity index (χ1v) is 5.77. The summed E-state index contributed by atoms with van der Waals surface area (Å²) in [5, 5.41) is 12.3. The first-order valence-electron chi connectivity index (χ1n) is 5.77. The second kappa shape index (κ2) is 5.61. The maximum Gasteiger partial charge on any atom is 0.242 e. The van der Waals surface area contributed by atoms with Crippen LogP contribution in [0.2, 0.25) is 0 Å². The highest BCUT2D eigenvalue weighted by Crippen LogP contribution is 2.15. The monoisotopic (exact) mass is 230 g/mol. The molecule has 5 nitrogen and oxygen atoms in total. The molecule has 4 N–H and O–H groups in total. The van der Waals surface area contributed by atoms with Crippen LogP contribution in [0.25, 0.3) is 0 Å². The molecule has 2 unspecified atom stereocenters. The Hall–Kier alpha value is -0.650. The van der Waals surface area contributed by atoms with Gasteiger partial charge in [-0.05, 0) is 18.8 Å².